The number of fused-ring (bicyclic) bond motifs is 10. The van der Waals surface area contributed by atoms with Gasteiger partial charge in [-0.15, -0.1) is 18.2 Å². The van der Waals surface area contributed by atoms with Gasteiger partial charge in [0.1, 0.15) is 0 Å². The van der Waals surface area contributed by atoms with Crippen molar-refractivity contribution in [2.24, 2.45) is 5.41 Å². The molecule has 0 spiro atoms. The van der Waals surface area contributed by atoms with Crippen molar-refractivity contribution in [1.29, 1.82) is 5.26 Å². The van der Waals surface area contributed by atoms with Gasteiger partial charge in [0.25, 0.3) is 0 Å². The second kappa shape index (κ2) is 9.32. The third-order valence-corrected chi connectivity index (χ3v) is 9.38. The molecule has 0 unspecified atom stereocenters. The maximum Gasteiger partial charge on any atom is 2.00 e. The quantitative estimate of drug-likeness (QED) is 0.186. The largest absolute Gasteiger partial charge is 2.00 e. The summed E-state index contributed by atoms with van der Waals surface area (Å²) < 4.78 is 3.63. The fourth-order valence-electron chi connectivity index (χ4n) is 5.29. The van der Waals surface area contributed by atoms with E-state index in [0.29, 0.717) is 22.6 Å². The predicted molar refractivity (Wildman–Crippen MR) is 148 cm³/mol. The third-order valence-electron chi connectivity index (χ3n) is 9.38. The Morgan fingerprint density at radius 3 is 1.77 bits per heavy atom. The second-order valence-corrected chi connectivity index (χ2v) is 12.3. The van der Waals surface area contributed by atoms with Gasteiger partial charge in [0.05, 0.1) is 29.7 Å². The molecule has 8 bridgehead atoms. The van der Waals surface area contributed by atoms with E-state index in [1.54, 1.807) is 0 Å². The van der Waals surface area contributed by atoms with Gasteiger partial charge in [0.15, 0.2) is 0 Å². The van der Waals surface area contributed by atoms with Crippen LogP contribution in [0, 0.1) is 35.5 Å². The van der Waals surface area contributed by atoms with Crippen LogP contribution in [0.3, 0.4) is 0 Å². The summed E-state index contributed by atoms with van der Waals surface area (Å²) in [4.78, 5) is 3.75. The zero-order valence-corrected chi connectivity index (χ0v) is 25.9. The van der Waals surface area contributed by atoms with Crippen molar-refractivity contribution >= 4 is 5.69 Å². The molecular weight excluding hydrogens is 663 g/mol. The van der Waals surface area contributed by atoms with Crippen molar-refractivity contribution in [1.82, 2.24) is 19.6 Å². The van der Waals surface area contributed by atoms with Crippen molar-refractivity contribution < 1.29 is 21.1 Å². The fraction of sp³-hybridized carbons (Fsp3) is 0.375. The molecule has 0 N–H and O–H groups in total. The summed E-state index contributed by atoms with van der Waals surface area (Å²) in [6, 6.07) is 20.8. The Morgan fingerprint density at radius 2 is 1.28 bits per heavy atom. The molecule has 0 saturated carbocycles. The minimum Gasteiger partial charge on any atom is -0.267 e. The number of hydrogen-bond donors (Lipinski definition) is 0. The molecule has 0 atom stereocenters. The molecule has 3 heterocycles. The SMILES string of the molecule is [C-]#[N+]c1cc2[c-]c(c1)C(C)(C)c1[c-]c(cc(C#N)c1)-n1ccc(n1)C(C)(C)C(C)(C)C(C)(C)c1ccn-2n1.[Pt+2]. The van der Waals surface area contributed by atoms with Crippen LogP contribution in [0.2, 0.25) is 0 Å². The standard InChI is InChI=1S/C32H32N6.Pt/c1-29(2)22-14-21(20-33)15-25(17-22)37-12-10-27(35-37)30(3,4)32(7,8)31(5,6)28-11-13-38(36-28)26-18-23(29)16-24(19-26)34-9;/h10-16,19H,1-8H3;/q-2;+2. The van der Waals surface area contributed by atoms with Crippen molar-refractivity contribution in [3.63, 3.8) is 0 Å². The van der Waals surface area contributed by atoms with E-state index in [4.69, 9.17) is 16.8 Å². The molecule has 4 aromatic rings. The first-order chi connectivity index (χ1) is 17.7. The van der Waals surface area contributed by atoms with E-state index >= 15 is 0 Å². The maximum absolute atomic E-state index is 9.87. The molecule has 1 aliphatic rings. The number of nitriles is 1. The molecular formula is C32H32N6Pt. The number of aromatic nitrogens is 4. The van der Waals surface area contributed by atoms with Crippen molar-refractivity contribution in [2.45, 2.75) is 71.6 Å². The molecule has 0 saturated heterocycles. The van der Waals surface area contributed by atoms with Crippen LogP contribution in [0.5, 0.6) is 0 Å². The van der Waals surface area contributed by atoms with E-state index in [1.807, 2.05) is 46.0 Å². The summed E-state index contributed by atoms with van der Waals surface area (Å²) in [5, 5.41) is 19.9. The van der Waals surface area contributed by atoms with Crippen LogP contribution in [0.1, 0.15) is 83.5 Å². The van der Waals surface area contributed by atoms with Gasteiger partial charge < -0.3 is 0 Å². The first kappa shape index (κ1) is 28.5. The van der Waals surface area contributed by atoms with E-state index in [0.717, 1.165) is 22.5 Å². The number of hydrogen-bond acceptors (Lipinski definition) is 3. The van der Waals surface area contributed by atoms with Crippen LogP contribution >= 0.6 is 0 Å². The van der Waals surface area contributed by atoms with Gasteiger partial charge in [-0.25, -0.2) is 0 Å². The molecule has 7 heteroatoms. The molecule has 0 amide bonds. The van der Waals surface area contributed by atoms with E-state index in [1.165, 1.54) is 0 Å². The summed E-state index contributed by atoms with van der Waals surface area (Å²) in [6.45, 7) is 25.3. The van der Waals surface area contributed by atoms with E-state index in [2.05, 4.69) is 90.6 Å². The van der Waals surface area contributed by atoms with Crippen LogP contribution in [-0.2, 0) is 37.3 Å². The van der Waals surface area contributed by atoms with Crippen molar-refractivity contribution in [2.75, 3.05) is 0 Å². The molecule has 200 valence electrons. The molecule has 5 rings (SSSR count). The average molecular weight is 696 g/mol. The van der Waals surface area contributed by atoms with Crippen molar-refractivity contribution in [3.05, 3.63) is 100 Å². The van der Waals surface area contributed by atoms with E-state index in [-0.39, 0.29) is 37.3 Å². The van der Waals surface area contributed by atoms with E-state index in [9.17, 15) is 5.26 Å². The predicted octanol–water partition coefficient (Wildman–Crippen LogP) is 7.00. The first-order valence-corrected chi connectivity index (χ1v) is 12.8. The normalized spacial score (nSPS) is 17.8. The molecule has 1 aliphatic heterocycles. The van der Waals surface area contributed by atoms with Crippen LogP contribution in [0.4, 0.5) is 5.69 Å². The summed E-state index contributed by atoms with van der Waals surface area (Å²) in [6.07, 6.45) is 3.89. The maximum atomic E-state index is 9.87. The zero-order valence-electron chi connectivity index (χ0n) is 23.6. The summed E-state index contributed by atoms with van der Waals surface area (Å²) in [7, 11) is 0. The molecule has 6 nitrogen and oxygen atoms in total. The van der Waals surface area contributed by atoms with Crippen molar-refractivity contribution in [3.8, 4) is 17.4 Å². The number of nitrogens with zero attached hydrogens (tertiary/aromatic N) is 6. The molecule has 0 fully saturated rings. The summed E-state index contributed by atoms with van der Waals surface area (Å²) >= 11 is 0. The van der Waals surface area contributed by atoms with Crippen LogP contribution in [-0.4, -0.2) is 19.6 Å². The van der Waals surface area contributed by atoms with Crippen LogP contribution < -0.4 is 0 Å². The van der Waals surface area contributed by atoms with Gasteiger partial charge in [-0.1, -0.05) is 66.6 Å². The fourth-order valence-corrected chi connectivity index (χ4v) is 5.29. The van der Waals surface area contributed by atoms with E-state index < -0.39 is 5.41 Å². The summed E-state index contributed by atoms with van der Waals surface area (Å²) in [5.74, 6) is 0. The Balaban J connectivity index is 0.00000353. The molecule has 0 aliphatic carbocycles. The third kappa shape index (κ3) is 4.27. The first-order valence-electron chi connectivity index (χ1n) is 12.8. The molecule has 0 radical (unpaired) electrons. The Kier molecular flexibility index (Phi) is 6.82. The Bertz CT molecular complexity index is 1530. The molecule has 2 aromatic heterocycles. The number of benzene rings is 2. The van der Waals surface area contributed by atoms with Gasteiger partial charge in [0, 0.05) is 23.2 Å². The van der Waals surface area contributed by atoms with Crippen LogP contribution in [0.25, 0.3) is 16.2 Å². The van der Waals surface area contributed by atoms with Gasteiger partial charge in [-0.05, 0) is 28.7 Å². The topological polar surface area (TPSA) is 63.8 Å². The molecule has 39 heavy (non-hydrogen) atoms. The smallest absolute Gasteiger partial charge is 0.267 e. The van der Waals surface area contributed by atoms with Gasteiger partial charge in [-0.2, -0.15) is 44.8 Å². The van der Waals surface area contributed by atoms with Gasteiger partial charge in [-0.3, -0.25) is 14.2 Å². The average Bonchev–Trinajstić information content (AvgIpc) is 3.58. The second-order valence-electron chi connectivity index (χ2n) is 12.3. The Hall–Kier alpha value is -3.47. The monoisotopic (exact) mass is 695 g/mol. The summed E-state index contributed by atoms with van der Waals surface area (Å²) in [5.41, 5.74) is 4.48. The number of rotatable bonds is 0. The Morgan fingerprint density at radius 1 is 0.795 bits per heavy atom. The van der Waals surface area contributed by atoms with Crippen LogP contribution in [0.15, 0.2) is 48.8 Å². The van der Waals surface area contributed by atoms with Gasteiger partial charge in [0.2, 0.25) is 0 Å². The Labute approximate surface area is 245 Å². The van der Waals surface area contributed by atoms with Gasteiger partial charge >= 0.3 is 21.1 Å². The zero-order chi connectivity index (χ0) is 27.7. The molecule has 2 aromatic carbocycles. The minimum atomic E-state index is -0.597. The minimum absolute atomic E-state index is 0.